The van der Waals surface area contributed by atoms with E-state index in [0.717, 1.165) is 0 Å². The number of sulfone groups is 1. The summed E-state index contributed by atoms with van der Waals surface area (Å²) in [6, 6.07) is 6.66. The van der Waals surface area contributed by atoms with Crippen LogP contribution in [0.15, 0.2) is 54.0 Å². The molecule has 124 valence electrons. The summed E-state index contributed by atoms with van der Waals surface area (Å²) in [6.45, 7) is 1.65. The fraction of sp³-hybridized carbons (Fsp3) is 0.0769. The molecule has 2 rings (SSSR count). The lowest BCUT2D eigenvalue weighted by Crippen LogP contribution is -2.17. The minimum Gasteiger partial charge on any atom is -0.398 e. The summed E-state index contributed by atoms with van der Waals surface area (Å²) in [5.74, 6) is 0. The van der Waals surface area contributed by atoms with E-state index in [9.17, 15) is 16.8 Å². The van der Waals surface area contributed by atoms with Gasteiger partial charge in [-0.1, -0.05) is 6.07 Å². The molecule has 2 aromatic rings. The first kappa shape index (κ1) is 18.4. The Hall–Kier alpha value is -0.940. The van der Waals surface area contributed by atoms with Crippen LogP contribution in [0, 0.1) is 6.92 Å². The molecule has 0 spiro atoms. The molecule has 0 fully saturated rings. The molecule has 6 nitrogen and oxygen atoms in total. The van der Waals surface area contributed by atoms with Crippen molar-refractivity contribution in [2.75, 3.05) is 5.73 Å². The maximum Gasteiger partial charge on any atom is 0.239 e. The molecule has 0 aliphatic heterocycles. The van der Waals surface area contributed by atoms with Crippen LogP contribution in [0.3, 0.4) is 0 Å². The molecule has 0 radical (unpaired) electrons. The molecule has 0 amide bonds. The normalized spacial score (nSPS) is 12.3. The average molecular weight is 484 g/mol. The van der Waals surface area contributed by atoms with Gasteiger partial charge in [-0.2, -0.15) is 0 Å². The van der Waals surface area contributed by atoms with Crippen LogP contribution in [-0.4, -0.2) is 16.8 Å². The fourth-order valence-corrected chi connectivity index (χ4v) is 6.20. The highest BCUT2D eigenvalue weighted by Gasteiger charge is 2.28. The monoisotopic (exact) mass is 482 g/mol. The second-order valence-corrected chi connectivity index (χ2v) is 9.93. The SMILES string of the molecule is Cc1ccc(S(N)(=O)=O)c(S(=O)(=O)c2cc(Br)c(N)cc2Br)c1. The number of anilines is 1. The smallest absolute Gasteiger partial charge is 0.239 e. The van der Waals surface area contributed by atoms with Crippen molar-refractivity contribution in [3.63, 3.8) is 0 Å². The molecule has 0 unspecified atom stereocenters. The molecule has 0 bridgehead atoms. The molecule has 0 heterocycles. The van der Waals surface area contributed by atoms with Gasteiger partial charge < -0.3 is 5.73 Å². The highest BCUT2D eigenvalue weighted by atomic mass is 79.9. The summed E-state index contributed by atoms with van der Waals surface area (Å²) in [5, 5.41) is 5.14. The van der Waals surface area contributed by atoms with Gasteiger partial charge in [0, 0.05) is 14.6 Å². The van der Waals surface area contributed by atoms with Gasteiger partial charge >= 0.3 is 0 Å². The van der Waals surface area contributed by atoms with Crippen molar-refractivity contribution in [3.05, 3.63) is 44.8 Å². The zero-order valence-electron chi connectivity index (χ0n) is 11.7. The van der Waals surface area contributed by atoms with Crippen LogP contribution in [0.5, 0.6) is 0 Å². The van der Waals surface area contributed by atoms with E-state index in [1.165, 1.54) is 30.3 Å². The second kappa shape index (κ2) is 6.17. The van der Waals surface area contributed by atoms with Gasteiger partial charge in [0.2, 0.25) is 19.9 Å². The first-order chi connectivity index (χ1) is 10.4. The largest absolute Gasteiger partial charge is 0.398 e. The molecule has 4 N–H and O–H groups in total. The Kier molecular flexibility index (Phi) is 4.94. The molecule has 23 heavy (non-hydrogen) atoms. The van der Waals surface area contributed by atoms with Gasteiger partial charge in [0.1, 0.15) is 4.90 Å². The highest BCUT2D eigenvalue weighted by Crippen LogP contribution is 2.36. The summed E-state index contributed by atoms with van der Waals surface area (Å²) in [7, 11) is -8.34. The van der Waals surface area contributed by atoms with Crippen molar-refractivity contribution in [1.29, 1.82) is 0 Å². The van der Waals surface area contributed by atoms with Crippen LogP contribution in [0.4, 0.5) is 5.69 Å². The third-order valence-electron chi connectivity index (χ3n) is 3.04. The predicted molar refractivity (Wildman–Crippen MR) is 94.3 cm³/mol. The van der Waals surface area contributed by atoms with Crippen molar-refractivity contribution < 1.29 is 16.8 Å². The molecule has 0 aliphatic rings. The molecule has 0 saturated heterocycles. The Morgan fingerprint density at radius 2 is 1.48 bits per heavy atom. The standard InChI is InChI=1S/C13H12Br2N2O4S2/c1-7-2-3-11(23(17,20)21)13(4-7)22(18,19)12-6-8(14)10(16)5-9(12)15/h2-6H,16H2,1H3,(H2,17,20,21). The van der Waals surface area contributed by atoms with Crippen molar-refractivity contribution in [2.24, 2.45) is 5.14 Å². The lowest BCUT2D eigenvalue weighted by molar-refractivity contribution is 0.583. The lowest BCUT2D eigenvalue weighted by atomic mass is 10.2. The number of primary sulfonamides is 1. The maximum absolute atomic E-state index is 12.9. The third kappa shape index (κ3) is 3.61. The van der Waals surface area contributed by atoms with E-state index < -0.39 is 24.8 Å². The van der Waals surface area contributed by atoms with E-state index in [1.54, 1.807) is 6.92 Å². The number of hydrogen-bond acceptors (Lipinski definition) is 5. The summed E-state index contributed by atoms with van der Waals surface area (Å²) in [5.41, 5.74) is 6.63. The molecule has 2 aromatic carbocycles. The summed E-state index contributed by atoms with van der Waals surface area (Å²) < 4.78 is 49.9. The number of hydrogen-bond donors (Lipinski definition) is 2. The van der Waals surface area contributed by atoms with E-state index in [1.807, 2.05) is 0 Å². The first-order valence-corrected chi connectivity index (χ1v) is 10.7. The van der Waals surface area contributed by atoms with Crippen molar-refractivity contribution in [2.45, 2.75) is 21.6 Å². The maximum atomic E-state index is 12.9. The zero-order valence-corrected chi connectivity index (χ0v) is 16.6. The van der Waals surface area contributed by atoms with Crippen molar-refractivity contribution >= 4 is 57.4 Å². The van der Waals surface area contributed by atoms with Crippen molar-refractivity contribution in [3.8, 4) is 0 Å². The zero-order chi connectivity index (χ0) is 17.6. The molecular weight excluding hydrogens is 472 g/mol. The Balaban J connectivity index is 2.86. The number of benzene rings is 2. The van der Waals surface area contributed by atoms with Gasteiger partial charge in [-0.05, 0) is 68.6 Å². The molecular formula is C13H12Br2N2O4S2. The Morgan fingerprint density at radius 1 is 0.870 bits per heavy atom. The van der Waals surface area contributed by atoms with Crippen LogP contribution in [-0.2, 0) is 19.9 Å². The van der Waals surface area contributed by atoms with Crippen molar-refractivity contribution in [1.82, 2.24) is 0 Å². The van der Waals surface area contributed by atoms with Gasteiger partial charge in [-0.25, -0.2) is 22.0 Å². The van der Waals surface area contributed by atoms with E-state index >= 15 is 0 Å². The topological polar surface area (TPSA) is 120 Å². The number of sulfonamides is 1. The number of nitrogens with two attached hydrogens (primary N) is 2. The fourth-order valence-electron chi connectivity index (χ4n) is 1.93. The minimum absolute atomic E-state index is 0.117. The Bertz CT molecular complexity index is 1000. The lowest BCUT2D eigenvalue weighted by Gasteiger charge is -2.12. The highest BCUT2D eigenvalue weighted by molar-refractivity contribution is 9.11. The number of aryl methyl sites for hydroxylation is 1. The summed E-state index contributed by atoms with van der Waals surface area (Å²) in [4.78, 5) is -0.950. The molecule has 0 aromatic heterocycles. The molecule has 0 atom stereocenters. The number of nitrogen functional groups attached to an aromatic ring is 1. The summed E-state index contributed by atoms with van der Waals surface area (Å²) in [6.07, 6.45) is 0. The minimum atomic E-state index is -4.20. The average Bonchev–Trinajstić information content (AvgIpc) is 2.41. The molecule has 10 heteroatoms. The van der Waals surface area contributed by atoms with Gasteiger partial charge in [-0.15, -0.1) is 0 Å². The number of halogens is 2. The third-order valence-corrected chi connectivity index (χ3v) is 7.57. The van der Waals surface area contributed by atoms with Gasteiger partial charge in [0.05, 0.1) is 9.79 Å². The van der Waals surface area contributed by atoms with Crippen LogP contribution in [0.2, 0.25) is 0 Å². The first-order valence-electron chi connectivity index (χ1n) is 6.07. The Labute approximate surface area is 151 Å². The van der Waals surface area contributed by atoms with E-state index in [2.05, 4.69) is 31.9 Å². The predicted octanol–water partition coefficient (Wildman–Crippen LogP) is 2.58. The van der Waals surface area contributed by atoms with E-state index in [-0.39, 0.29) is 14.3 Å². The van der Waals surface area contributed by atoms with Crippen LogP contribution >= 0.6 is 31.9 Å². The molecule has 0 aliphatic carbocycles. The number of rotatable bonds is 3. The second-order valence-electron chi connectivity index (χ2n) is 4.80. The van der Waals surface area contributed by atoms with Crippen LogP contribution < -0.4 is 10.9 Å². The van der Waals surface area contributed by atoms with Crippen LogP contribution in [0.1, 0.15) is 5.56 Å². The van der Waals surface area contributed by atoms with Gasteiger partial charge in [0.15, 0.2) is 0 Å². The van der Waals surface area contributed by atoms with E-state index in [4.69, 9.17) is 10.9 Å². The summed E-state index contributed by atoms with van der Waals surface area (Å²) >= 11 is 6.31. The molecule has 0 saturated carbocycles. The van der Waals surface area contributed by atoms with Gasteiger partial charge in [0.25, 0.3) is 0 Å². The Morgan fingerprint density at radius 3 is 2.04 bits per heavy atom. The van der Waals surface area contributed by atoms with Gasteiger partial charge in [-0.3, -0.25) is 0 Å². The van der Waals surface area contributed by atoms with Crippen LogP contribution in [0.25, 0.3) is 0 Å². The van der Waals surface area contributed by atoms with E-state index in [0.29, 0.717) is 15.7 Å². The quantitative estimate of drug-likeness (QED) is 0.650.